The summed E-state index contributed by atoms with van der Waals surface area (Å²) in [6.45, 7) is 4.38. The summed E-state index contributed by atoms with van der Waals surface area (Å²) < 4.78 is 20.3. The molecule has 240 valence electrons. The normalized spacial score (nSPS) is 13.9. The molecule has 0 bridgehead atoms. The molecule has 1 unspecified atom stereocenters. The third-order valence-electron chi connectivity index (χ3n) is 7.65. The van der Waals surface area contributed by atoms with Crippen molar-refractivity contribution in [2.75, 3.05) is 12.4 Å². The molecule has 0 aliphatic carbocycles. The first-order chi connectivity index (χ1) is 22.8. The van der Waals surface area contributed by atoms with Crippen LogP contribution in [-0.2, 0) is 28.5 Å². The number of esters is 1. The fourth-order valence-corrected chi connectivity index (χ4v) is 6.89. The number of halogens is 2. The zero-order valence-corrected chi connectivity index (χ0v) is 29.2. The van der Waals surface area contributed by atoms with Gasteiger partial charge in [0.25, 0.3) is 0 Å². The molecule has 1 aliphatic heterocycles. The highest BCUT2D eigenvalue weighted by Gasteiger charge is 2.36. The lowest BCUT2D eigenvalue weighted by Crippen LogP contribution is -2.29. The van der Waals surface area contributed by atoms with Crippen molar-refractivity contribution in [2.45, 2.75) is 44.0 Å². The number of nitrogens with one attached hydrogen (secondary N) is 1. The van der Waals surface area contributed by atoms with Gasteiger partial charge in [0.15, 0.2) is 11.5 Å². The van der Waals surface area contributed by atoms with Crippen LogP contribution in [0.25, 0.3) is 0 Å². The summed E-state index contributed by atoms with van der Waals surface area (Å²) in [5.74, 6) is 1.67. The maximum Gasteiger partial charge on any atom is 0.338 e. The Morgan fingerprint density at radius 2 is 1.70 bits per heavy atom. The number of hydrogen-bond donors (Lipinski definition) is 1. The minimum atomic E-state index is -0.673. The molecule has 1 aliphatic rings. The number of ether oxygens (including phenoxy) is 3. The summed E-state index contributed by atoms with van der Waals surface area (Å²) in [5.41, 5.74) is 5.83. The molecule has 5 aromatic rings. The number of benzene rings is 4. The van der Waals surface area contributed by atoms with Gasteiger partial charge in [-0.2, -0.15) is 4.98 Å². The van der Waals surface area contributed by atoms with E-state index in [9.17, 15) is 4.79 Å². The van der Waals surface area contributed by atoms with E-state index in [0.717, 1.165) is 22.3 Å². The SMILES string of the molecule is COc1cc(C2C(C(=O)OCc3ccccc3)=C(C)Nc3nc(SCc4ccccc4Cl)nn32)cc(Br)c1OCc1ccc(C)cc1. The minimum absolute atomic E-state index is 0.130. The van der Waals surface area contributed by atoms with Crippen LogP contribution in [0.2, 0.25) is 5.02 Å². The van der Waals surface area contributed by atoms with Crippen LogP contribution in [0.3, 0.4) is 0 Å². The first kappa shape index (κ1) is 32.7. The Bertz CT molecular complexity index is 1930. The number of carbonyl (C=O) groups excluding carboxylic acids is 1. The second-order valence-electron chi connectivity index (χ2n) is 11.0. The average molecular weight is 732 g/mol. The predicted molar refractivity (Wildman–Crippen MR) is 188 cm³/mol. The first-order valence-corrected chi connectivity index (χ1v) is 17.0. The van der Waals surface area contributed by atoms with E-state index in [1.807, 2.05) is 92.7 Å². The summed E-state index contributed by atoms with van der Waals surface area (Å²) >= 11 is 11.6. The highest BCUT2D eigenvalue weighted by molar-refractivity contribution is 9.10. The van der Waals surface area contributed by atoms with Crippen molar-refractivity contribution in [1.29, 1.82) is 0 Å². The van der Waals surface area contributed by atoms with Gasteiger partial charge in [0.05, 0.1) is 17.2 Å². The number of rotatable bonds is 11. The van der Waals surface area contributed by atoms with Gasteiger partial charge in [-0.05, 0) is 70.2 Å². The second-order valence-corrected chi connectivity index (χ2v) is 13.2. The molecule has 11 heteroatoms. The van der Waals surface area contributed by atoms with Crippen LogP contribution in [-0.4, -0.2) is 27.8 Å². The summed E-state index contributed by atoms with van der Waals surface area (Å²) in [7, 11) is 1.59. The Morgan fingerprint density at radius 1 is 0.979 bits per heavy atom. The highest BCUT2D eigenvalue weighted by atomic mass is 79.9. The van der Waals surface area contributed by atoms with Crippen molar-refractivity contribution >= 4 is 51.2 Å². The number of thioether (sulfide) groups is 1. The summed E-state index contributed by atoms with van der Waals surface area (Å²) in [6, 6.07) is 28.6. The van der Waals surface area contributed by atoms with Gasteiger partial charge in [0.1, 0.15) is 19.3 Å². The lowest BCUT2D eigenvalue weighted by Gasteiger charge is -2.29. The zero-order valence-electron chi connectivity index (χ0n) is 26.0. The third kappa shape index (κ3) is 7.51. The Kier molecular flexibility index (Phi) is 10.2. The van der Waals surface area contributed by atoms with Crippen LogP contribution < -0.4 is 14.8 Å². The maximum absolute atomic E-state index is 13.9. The molecular weight excluding hydrogens is 700 g/mol. The number of carbonyl (C=O) groups is 1. The molecule has 0 saturated carbocycles. The van der Waals surface area contributed by atoms with Gasteiger partial charge in [-0.15, -0.1) is 5.10 Å². The van der Waals surface area contributed by atoms with E-state index in [1.165, 1.54) is 17.3 Å². The summed E-state index contributed by atoms with van der Waals surface area (Å²) in [5, 5.41) is 9.36. The summed E-state index contributed by atoms with van der Waals surface area (Å²) in [4.78, 5) is 18.6. The fraction of sp³-hybridized carbons (Fsp3) is 0.194. The minimum Gasteiger partial charge on any atom is -0.493 e. The van der Waals surface area contributed by atoms with Crippen molar-refractivity contribution in [1.82, 2.24) is 14.8 Å². The molecule has 0 fully saturated rings. The van der Waals surface area contributed by atoms with Crippen LogP contribution in [0, 0.1) is 6.92 Å². The number of aryl methyl sites for hydroxylation is 1. The van der Waals surface area contributed by atoms with Crippen LogP contribution in [0.1, 0.15) is 40.8 Å². The van der Waals surface area contributed by atoms with Gasteiger partial charge >= 0.3 is 5.97 Å². The maximum atomic E-state index is 13.9. The van der Waals surface area contributed by atoms with Gasteiger partial charge in [0, 0.05) is 16.5 Å². The zero-order chi connectivity index (χ0) is 32.9. The van der Waals surface area contributed by atoms with Crippen LogP contribution in [0.4, 0.5) is 5.95 Å². The quantitative estimate of drug-likeness (QED) is 0.107. The van der Waals surface area contributed by atoms with Gasteiger partial charge < -0.3 is 19.5 Å². The van der Waals surface area contributed by atoms with Gasteiger partial charge in [0.2, 0.25) is 11.1 Å². The number of fused-ring (bicyclic) bond motifs is 1. The topological polar surface area (TPSA) is 87.5 Å². The van der Waals surface area contributed by atoms with E-state index >= 15 is 0 Å². The van der Waals surface area contributed by atoms with E-state index in [4.69, 9.17) is 35.9 Å². The Morgan fingerprint density at radius 3 is 2.45 bits per heavy atom. The molecule has 1 aromatic heterocycles. The summed E-state index contributed by atoms with van der Waals surface area (Å²) in [6.07, 6.45) is 0. The van der Waals surface area contributed by atoms with E-state index in [1.54, 1.807) is 11.8 Å². The lowest BCUT2D eigenvalue weighted by molar-refractivity contribution is -0.140. The smallest absolute Gasteiger partial charge is 0.338 e. The molecule has 0 radical (unpaired) electrons. The van der Waals surface area contributed by atoms with E-state index in [0.29, 0.717) is 55.7 Å². The number of allylic oxidation sites excluding steroid dienone is 1. The second kappa shape index (κ2) is 14.7. The molecule has 0 amide bonds. The van der Waals surface area contributed by atoms with Gasteiger partial charge in [-0.25, -0.2) is 9.48 Å². The highest BCUT2D eigenvalue weighted by Crippen LogP contribution is 2.44. The Labute approximate surface area is 291 Å². The van der Waals surface area contributed by atoms with Gasteiger partial charge in [-0.3, -0.25) is 0 Å². The molecule has 1 atom stereocenters. The Hall–Kier alpha value is -4.25. The Balaban J connectivity index is 1.35. The number of aromatic nitrogens is 3. The monoisotopic (exact) mass is 730 g/mol. The molecule has 8 nitrogen and oxygen atoms in total. The molecule has 2 heterocycles. The molecule has 0 spiro atoms. The number of methoxy groups -OCH3 is 1. The van der Waals surface area contributed by atoms with E-state index < -0.39 is 12.0 Å². The van der Waals surface area contributed by atoms with E-state index in [2.05, 4.69) is 33.4 Å². The van der Waals surface area contributed by atoms with Crippen LogP contribution in [0.5, 0.6) is 11.5 Å². The number of anilines is 1. The molecule has 4 aromatic carbocycles. The molecular formula is C36H32BrClN4O4S. The first-order valence-electron chi connectivity index (χ1n) is 14.9. The van der Waals surface area contributed by atoms with Gasteiger partial charge in [-0.1, -0.05) is 102 Å². The van der Waals surface area contributed by atoms with Crippen molar-refractivity contribution in [2.24, 2.45) is 0 Å². The van der Waals surface area contributed by atoms with Crippen molar-refractivity contribution < 1.29 is 19.0 Å². The lowest BCUT2D eigenvalue weighted by atomic mass is 9.95. The molecule has 0 saturated heterocycles. The van der Waals surface area contributed by atoms with E-state index in [-0.39, 0.29) is 6.61 Å². The molecule has 47 heavy (non-hydrogen) atoms. The van der Waals surface area contributed by atoms with Crippen LogP contribution in [0.15, 0.2) is 112 Å². The van der Waals surface area contributed by atoms with Crippen molar-refractivity contribution in [3.8, 4) is 11.5 Å². The van der Waals surface area contributed by atoms with Crippen LogP contribution >= 0.6 is 39.3 Å². The van der Waals surface area contributed by atoms with Crippen molar-refractivity contribution in [3.05, 3.63) is 140 Å². The van der Waals surface area contributed by atoms with Crippen molar-refractivity contribution in [3.63, 3.8) is 0 Å². The predicted octanol–water partition coefficient (Wildman–Crippen LogP) is 8.91. The number of hydrogen-bond acceptors (Lipinski definition) is 8. The number of nitrogens with zero attached hydrogens (tertiary/aromatic N) is 3. The average Bonchev–Trinajstić information content (AvgIpc) is 3.48. The molecule has 1 N–H and O–H groups in total. The largest absolute Gasteiger partial charge is 0.493 e. The third-order valence-corrected chi connectivity index (χ3v) is 9.50. The fourth-order valence-electron chi connectivity index (χ4n) is 5.20. The standard InChI is InChI=1S/C36H32BrClN4O4S/c1-22-13-15-25(16-14-22)19-45-33-28(37)17-27(18-30(33)44-3)32-31(34(43)46-20-24-9-5-4-6-10-24)23(2)39-35-40-36(41-42(32)35)47-21-26-11-7-8-12-29(26)38/h4-18,32H,19-21H2,1-3H3,(H,39,40,41). The molecule has 6 rings (SSSR count).